The lowest BCUT2D eigenvalue weighted by Gasteiger charge is -1.90. The highest BCUT2D eigenvalue weighted by Gasteiger charge is 2.18. The highest BCUT2D eigenvalue weighted by molar-refractivity contribution is 5.75. The van der Waals surface area contributed by atoms with Crippen LogP contribution in [0.15, 0.2) is 12.7 Å². The Morgan fingerprint density at radius 1 is 1.30 bits per heavy atom. The maximum Gasteiger partial charge on any atom is 0.405 e. The van der Waals surface area contributed by atoms with Gasteiger partial charge < -0.3 is 21.3 Å². The Morgan fingerprint density at radius 3 is 1.80 bits per heavy atom. The molecule has 0 atom stereocenters. The van der Waals surface area contributed by atoms with Gasteiger partial charge in [-0.05, 0) is 38.1 Å². The summed E-state index contributed by atoms with van der Waals surface area (Å²) in [6.07, 6.45) is 4.84. The van der Waals surface area contributed by atoms with Gasteiger partial charge in [-0.15, -0.1) is 6.58 Å². The Morgan fingerprint density at radius 2 is 1.70 bits per heavy atom. The second-order valence-corrected chi connectivity index (χ2v) is 4.75. The number of hydrogen-bond acceptors (Lipinski definition) is 3. The lowest BCUT2D eigenvalue weighted by atomic mass is 10.3. The largest absolute Gasteiger partial charge is 0.480 e. The minimum absolute atomic E-state index is 0.546. The number of allylic oxidation sites excluding steroid dienone is 1. The Balaban J connectivity index is -0.000000213. The molecule has 1 fully saturated rings. The fraction of sp³-hybridized carbons (Fsp3) is 0.714. The van der Waals surface area contributed by atoms with Crippen LogP contribution in [0, 0.1) is 11.8 Å². The molecule has 1 aliphatic rings. The first kappa shape index (κ1) is 23.5. The van der Waals surface area contributed by atoms with Gasteiger partial charge in [0.2, 0.25) is 0 Å². The lowest BCUT2D eigenvalue weighted by Crippen LogP contribution is -2.27. The van der Waals surface area contributed by atoms with Crippen molar-refractivity contribution in [2.75, 3.05) is 13.6 Å². The molecule has 1 saturated carbocycles. The Hall–Kier alpha value is -1.56. The molecule has 0 heterocycles. The average molecular weight is 290 g/mol. The predicted molar refractivity (Wildman–Crippen MR) is 81.8 cm³/mol. The van der Waals surface area contributed by atoms with Gasteiger partial charge >= 0.3 is 12.1 Å². The average Bonchev–Trinajstić information content (AvgIpc) is 3.14. The van der Waals surface area contributed by atoms with Gasteiger partial charge in [-0.1, -0.05) is 26.8 Å². The van der Waals surface area contributed by atoms with Gasteiger partial charge in [0, 0.05) is 0 Å². The molecule has 0 radical (unpaired) electrons. The van der Waals surface area contributed by atoms with Crippen molar-refractivity contribution in [1.82, 2.24) is 5.32 Å². The zero-order valence-corrected chi connectivity index (χ0v) is 13.1. The maximum absolute atomic E-state index is 9.58. The Bertz CT molecular complexity index is 235. The van der Waals surface area contributed by atoms with Crippen LogP contribution in [0.4, 0.5) is 4.79 Å². The summed E-state index contributed by atoms with van der Waals surface area (Å²) in [6, 6.07) is 0. The first-order valence-corrected chi connectivity index (χ1v) is 6.66. The van der Waals surface area contributed by atoms with Gasteiger partial charge in [0.05, 0.1) is 0 Å². The second kappa shape index (κ2) is 17.4. The molecule has 1 rings (SSSR count). The summed E-state index contributed by atoms with van der Waals surface area (Å²) in [4.78, 5) is 19.1. The summed E-state index contributed by atoms with van der Waals surface area (Å²) in [7, 11) is 1.50. The molecular formula is C14H30N2O4. The predicted octanol–water partition coefficient (Wildman–Crippen LogP) is 2.55. The van der Waals surface area contributed by atoms with Gasteiger partial charge in [-0.2, -0.15) is 0 Å². The van der Waals surface area contributed by atoms with E-state index in [1.807, 2.05) is 6.08 Å². The summed E-state index contributed by atoms with van der Waals surface area (Å²) >= 11 is 0. The number of nitrogens with one attached hydrogen (secondary N) is 1. The molecule has 0 saturated heterocycles. The number of carbonyl (C=O) groups is 2. The van der Waals surface area contributed by atoms with E-state index in [0.717, 1.165) is 11.8 Å². The minimum atomic E-state index is -1.33. The topological polar surface area (TPSA) is 113 Å². The third kappa shape index (κ3) is 44.0. The van der Waals surface area contributed by atoms with E-state index in [4.69, 9.17) is 10.2 Å². The summed E-state index contributed by atoms with van der Waals surface area (Å²) in [5, 5.41) is 17.3. The number of hydrogen-bond donors (Lipinski definition) is 4. The monoisotopic (exact) mass is 290 g/mol. The van der Waals surface area contributed by atoms with E-state index < -0.39 is 18.6 Å². The fourth-order valence-corrected chi connectivity index (χ4v) is 0.740. The summed E-state index contributed by atoms with van der Waals surface area (Å²) in [6.45, 7) is 9.59. The molecule has 0 aromatic heterocycles. The van der Waals surface area contributed by atoms with E-state index in [0.29, 0.717) is 0 Å². The van der Waals surface area contributed by atoms with Crippen molar-refractivity contribution in [2.24, 2.45) is 17.6 Å². The molecule has 0 bridgehead atoms. The van der Waals surface area contributed by atoms with Crippen LogP contribution in [0.3, 0.4) is 0 Å². The van der Waals surface area contributed by atoms with Crippen LogP contribution < -0.4 is 11.1 Å². The molecular weight excluding hydrogens is 260 g/mol. The third-order valence-electron chi connectivity index (χ3n) is 1.59. The third-order valence-corrected chi connectivity index (χ3v) is 1.59. The Labute approximate surface area is 122 Å². The van der Waals surface area contributed by atoms with Crippen molar-refractivity contribution < 1.29 is 19.8 Å². The number of nitrogens with two attached hydrogens (primary N) is 1. The fourth-order valence-electron chi connectivity index (χ4n) is 0.740. The first-order valence-electron chi connectivity index (χ1n) is 6.66. The molecule has 1 aliphatic carbocycles. The van der Waals surface area contributed by atoms with Crippen LogP contribution in [-0.2, 0) is 4.79 Å². The molecule has 0 aromatic rings. The van der Waals surface area contributed by atoms with Crippen LogP contribution >= 0.6 is 0 Å². The highest BCUT2D eigenvalue weighted by atomic mass is 16.4. The first-order chi connectivity index (χ1) is 9.29. The van der Waals surface area contributed by atoms with E-state index in [9.17, 15) is 9.59 Å². The molecule has 6 heteroatoms. The van der Waals surface area contributed by atoms with Gasteiger partial charge in [0.15, 0.2) is 0 Å². The van der Waals surface area contributed by atoms with Crippen molar-refractivity contribution in [2.45, 2.75) is 40.0 Å². The summed E-state index contributed by atoms with van der Waals surface area (Å²) < 4.78 is 0. The molecule has 6 nitrogen and oxygen atoms in total. The molecule has 5 N–H and O–H groups in total. The number of rotatable bonds is 4. The molecule has 120 valence electrons. The number of aliphatic carboxylic acids is 1. The maximum atomic E-state index is 9.58. The highest BCUT2D eigenvalue weighted by Crippen LogP contribution is 2.32. The molecule has 0 spiro atoms. The number of amides is 1. The van der Waals surface area contributed by atoms with Crippen molar-refractivity contribution in [3.8, 4) is 0 Å². The van der Waals surface area contributed by atoms with Gasteiger partial charge in [-0.3, -0.25) is 4.79 Å². The van der Waals surface area contributed by atoms with E-state index in [1.54, 1.807) is 5.32 Å². The van der Waals surface area contributed by atoms with Crippen molar-refractivity contribution >= 4 is 12.1 Å². The zero-order valence-electron chi connectivity index (χ0n) is 13.1. The standard InChI is InChI=1S/C6H10.C4H10.C3H5NO4.CH5N/c1-2-3-6-4-5-6;1-4(2)3;5-2(6)1-4-3(7)8;1-2/h2,6H,1,3-5H2;4H,1-3H3;4H,1H2,(H,5,6)(H,7,8);2H2,1H3. The van der Waals surface area contributed by atoms with Gasteiger partial charge in [-0.25, -0.2) is 4.79 Å². The number of carboxylic acid groups (broad SMARTS) is 2. The Kier molecular flexibility index (Phi) is 20.5. The summed E-state index contributed by atoms with van der Waals surface area (Å²) in [5.74, 6) is 0.676. The van der Waals surface area contributed by atoms with Crippen LogP contribution in [0.5, 0.6) is 0 Å². The van der Waals surface area contributed by atoms with Gasteiger partial charge in [0.25, 0.3) is 0 Å². The SMILES string of the molecule is C=CCC1CC1.CC(C)C.CN.O=C(O)CNC(=O)O. The molecule has 0 aromatic carbocycles. The van der Waals surface area contributed by atoms with Gasteiger partial charge in [0.1, 0.15) is 6.54 Å². The normalized spacial score (nSPS) is 11.5. The lowest BCUT2D eigenvalue weighted by molar-refractivity contribution is -0.135. The molecule has 1 amide bonds. The van der Waals surface area contributed by atoms with E-state index in [1.165, 1.54) is 26.3 Å². The van der Waals surface area contributed by atoms with Crippen LogP contribution in [0.25, 0.3) is 0 Å². The number of carboxylic acids is 1. The molecule has 0 aliphatic heterocycles. The van der Waals surface area contributed by atoms with E-state index in [2.05, 4.69) is 33.1 Å². The molecule has 20 heavy (non-hydrogen) atoms. The van der Waals surface area contributed by atoms with E-state index in [-0.39, 0.29) is 0 Å². The zero-order chi connectivity index (χ0) is 16.6. The van der Waals surface area contributed by atoms with Crippen molar-refractivity contribution in [3.05, 3.63) is 12.7 Å². The van der Waals surface area contributed by atoms with Crippen LogP contribution in [0.1, 0.15) is 40.0 Å². The quantitative estimate of drug-likeness (QED) is 0.594. The second-order valence-electron chi connectivity index (χ2n) is 4.75. The van der Waals surface area contributed by atoms with Crippen LogP contribution in [-0.4, -0.2) is 35.9 Å². The smallest absolute Gasteiger partial charge is 0.405 e. The van der Waals surface area contributed by atoms with E-state index >= 15 is 0 Å². The minimum Gasteiger partial charge on any atom is -0.480 e. The van der Waals surface area contributed by atoms with Crippen molar-refractivity contribution in [3.63, 3.8) is 0 Å². The van der Waals surface area contributed by atoms with Crippen LogP contribution in [0.2, 0.25) is 0 Å². The summed E-state index contributed by atoms with van der Waals surface area (Å²) in [5.41, 5.74) is 4.50. The molecule has 0 unspecified atom stereocenters. The van der Waals surface area contributed by atoms with Crippen molar-refractivity contribution in [1.29, 1.82) is 0 Å².